The van der Waals surface area contributed by atoms with Crippen molar-refractivity contribution >= 4 is 0 Å². The quantitative estimate of drug-likeness (QED) is 0.371. The highest BCUT2D eigenvalue weighted by Crippen LogP contribution is 2.09. The molecule has 0 aromatic heterocycles. The fourth-order valence-electron chi connectivity index (χ4n) is 0.928. The van der Waals surface area contributed by atoms with Crippen LogP contribution in [-0.2, 0) is 0 Å². The molecule has 0 aliphatic carbocycles. The molecule has 0 unspecified atom stereocenters. The van der Waals surface area contributed by atoms with E-state index in [1.807, 2.05) is 6.92 Å². The maximum atomic E-state index is 4.03. The minimum absolute atomic E-state index is 0.584. The molecule has 0 amide bonds. The lowest BCUT2D eigenvalue weighted by Crippen LogP contribution is -2.19. The Morgan fingerprint density at radius 3 is 2.21 bits per heavy atom. The van der Waals surface area contributed by atoms with Gasteiger partial charge in [-0.2, -0.15) is 0 Å². The van der Waals surface area contributed by atoms with E-state index < -0.39 is 0 Å². The topological polar surface area (TPSA) is 12.0 Å². The fourth-order valence-corrected chi connectivity index (χ4v) is 0.928. The van der Waals surface area contributed by atoms with Crippen LogP contribution < -0.4 is 5.32 Å². The summed E-state index contributed by atoms with van der Waals surface area (Å²) in [6.45, 7) is 19.9. The van der Waals surface area contributed by atoms with Crippen LogP contribution in [0, 0.1) is 5.92 Å². The number of hydrogen-bond donors (Lipinski definition) is 1. The highest BCUT2D eigenvalue weighted by Gasteiger charge is 1.99. The Morgan fingerprint density at radius 2 is 1.79 bits per heavy atom. The summed E-state index contributed by atoms with van der Waals surface area (Å²) < 4.78 is 0. The third-order valence-corrected chi connectivity index (χ3v) is 2.38. The molecule has 0 fully saturated rings. The summed E-state index contributed by atoms with van der Waals surface area (Å²) in [4.78, 5) is 0. The van der Waals surface area contributed by atoms with Gasteiger partial charge in [0, 0.05) is 6.54 Å². The van der Waals surface area contributed by atoms with E-state index >= 15 is 0 Å². The Kier molecular flexibility index (Phi) is 6.22. The van der Waals surface area contributed by atoms with Gasteiger partial charge in [0.25, 0.3) is 0 Å². The van der Waals surface area contributed by atoms with Crippen LogP contribution in [0.5, 0.6) is 0 Å². The molecule has 0 radical (unpaired) electrons. The largest absolute Gasteiger partial charge is 0.312 e. The van der Waals surface area contributed by atoms with Gasteiger partial charge in [-0.05, 0) is 31.4 Å². The molecule has 0 aliphatic heterocycles. The molecule has 0 atom stereocenters. The average molecular weight is 193 g/mol. The zero-order chi connectivity index (χ0) is 11.1. The fraction of sp³-hybridized carbons (Fsp3) is 0.538. The van der Waals surface area contributed by atoms with Crippen molar-refractivity contribution in [2.24, 2.45) is 5.92 Å². The van der Waals surface area contributed by atoms with Crippen LogP contribution in [0.4, 0.5) is 0 Å². The van der Waals surface area contributed by atoms with E-state index in [4.69, 9.17) is 0 Å². The summed E-state index contributed by atoms with van der Waals surface area (Å²) >= 11 is 0. The van der Waals surface area contributed by atoms with Crippen LogP contribution in [0.1, 0.15) is 27.2 Å². The van der Waals surface area contributed by atoms with Crippen LogP contribution in [-0.4, -0.2) is 13.1 Å². The van der Waals surface area contributed by atoms with Crippen molar-refractivity contribution < 1.29 is 0 Å². The molecule has 80 valence electrons. The van der Waals surface area contributed by atoms with Crippen molar-refractivity contribution in [3.63, 3.8) is 0 Å². The predicted octanol–water partition coefficient (Wildman–Crippen LogP) is 3.31. The van der Waals surface area contributed by atoms with Gasteiger partial charge in [-0.25, -0.2) is 0 Å². The highest BCUT2D eigenvalue weighted by atomic mass is 14.8. The number of rotatable bonds is 7. The summed E-state index contributed by atoms with van der Waals surface area (Å²) in [7, 11) is 0. The van der Waals surface area contributed by atoms with E-state index in [9.17, 15) is 0 Å². The molecule has 1 nitrogen and oxygen atoms in total. The molecule has 0 spiro atoms. The Morgan fingerprint density at radius 1 is 1.21 bits per heavy atom. The zero-order valence-electron chi connectivity index (χ0n) is 9.82. The maximum absolute atomic E-state index is 4.03. The Labute approximate surface area is 88.6 Å². The van der Waals surface area contributed by atoms with Crippen molar-refractivity contribution in [1.82, 2.24) is 5.32 Å². The molecule has 0 aliphatic rings. The van der Waals surface area contributed by atoms with Crippen molar-refractivity contribution in [2.75, 3.05) is 13.1 Å². The Hall–Kier alpha value is -0.820. The standard InChI is InChI=1S/C13H23N/c1-10(2)12(5)7-8-14-9-13(6)11(3)4/h10,14H,3,5-9H2,1-2,4H3. The van der Waals surface area contributed by atoms with Crippen LogP contribution in [0.2, 0.25) is 0 Å². The third kappa shape index (κ3) is 5.76. The van der Waals surface area contributed by atoms with Gasteiger partial charge in [-0.1, -0.05) is 44.7 Å². The first-order chi connectivity index (χ1) is 6.45. The molecule has 0 heterocycles. The molecule has 0 saturated carbocycles. The van der Waals surface area contributed by atoms with Gasteiger partial charge in [0.1, 0.15) is 0 Å². The smallest absolute Gasteiger partial charge is 0.0202 e. The molecule has 0 aromatic carbocycles. The Bertz CT molecular complexity index is 223. The van der Waals surface area contributed by atoms with Crippen molar-refractivity contribution in [3.05, 3.63) is 36.5 Å². The van der Waals surface area contributed by atoms with Crippen LogP contribution in [0.25, 0.3) is 0 Å². The van der Waals surface area contributed by atoms with Crippen molar-refractivity contribution in [2.45, 2.75) is 27.2 Å². The number of hydrogen-bond acceptors (Lipinski definition) is 1. The maximum Gasteiger partial charge on any atom is 0.0202 e. The van der Waals surface area contributed by atoms with E-state index in [1.165, 1.54) is 5.57 Å². The lowest BCUT2D eigenvalue weighted by molar-refractivity contribution is 0.663. The van der Waals surface area contributed by atoms with Crippen LogP contribution in [0.3, 0.4) is 0 Å². The summed E-state index contributed by atoms with van der Waals surface area (Å²) in [6.07, 6.45) is 1.04. The summed E-state index contributed by atoms with van der Waals surface area (Å²) in [6, 6.07) is 0. The predicted molar refractivity (Wildman–Crippen MR) is 65.4 cm³/mol. The van der Waals surface area contributed by atoms with Crippen molar-refractivity contribution in [3.8, 4) is 0 Å². The lowest BCUT2D eigenvalue weighted by Gasteiger charge is -2.11. The van der Waals surface area contributed by atoms with Crippen molar-refractivity contribution in [1.29, 1.82) is 0 Å². The molecular weight excluding hydrogens is 170 g/mol. The van der Waals surface area contributed by atoms with Gasteiger partial charge in [0.05, 0.1) is 0 Å². The summed E-state index contributed by atoms with van der Waals surface area (Å²) in [5.41, 5.74) is 3.44. The molecule has 1 heteroatoms. The highest BCUT2D eigenvalue weighted by molar-refractivity contribution is 5.23. The summed E-state index contributed by atoms with van der Waals surface area (Å²) in [5, 5.41) is 3.33. The first kappa shape index (κ1) is 13.2. The molecule has 0 bridgehead atoms. The van der Waals surface area contributed by atoms with Gasteiger partial charge < -0.3 is 5.32 Å². The van der Waals surface area contributed by atoms with E-state index in [2.05, 4.69) is 38.9 Å². The van der Waals surface area contributed by atoms with Gasteiger partial charge >= 0.3 is 0 Å². The molecular formula is C13H23N. The van der Waals surface area contributed by atoms with E-state index in [-0.39, 0.29) is 0 Å². The monoisotopic (exact) mass is 193 g/mol. The SMILES string of the molecule is C=C(C)C(=C)CNCCC(=C)C(C)C. The van der Waals surface area contributed by atoms with E-state index in [0.717, 1.165) is 30.7 Å². The molecule has 0 saturated heterocycles. The Balaban J connectivity index is 3.52. The minimum Gasteiger partial charge on any atom is -0.312 e. The second-order valence-corrected chi connectivity index (χ2v) is 4.12. The average Bonchev–Trinajstić information content (AvgIpc) is 2.11. The van der Waals surface area contributed by atoms with Gasteiger partial charge in [0.15, 0.2) is 0 Å². The lowest BCUT2D eigenvalue weighted by atomic mass is 10.0. The molecule has 0 rings (SSSR count). The molecule has 0 aromatic rings. The first-order valence-electron chi connectivity index (χ1n) is 5.17. The summed E-state index contributed by atoms with van der Waals surface area (Å²) in [5.74, 6) is 0.584. The van der Waals surface area contributed by atoms with Crippen LogP contribution >= 0.6 is 0 Å². The van der Waals surface area contributed by atoms with Gasteiger partial charge in [-0.3, -0.25) is 0 Å². The normalized spacial score (nSPS) is 10.3. The minimum atomic E-state index is 0.584. The van der Waals surface area contributed by atoms with Gasteiger partial charge in [-0.15, -0.1) is 0 Å². The molecule has 14 heavy (non-hydrogen) atoms. The zero-order valence-corrected chi connectivity index (χ0v) is 9.82. The number of nitrogens with one attached hydrogen (secondary N) is 1. The van der Waals surface area contributed by atoms with E-state index in [0.29, 0.717) is 5.92 Å². The first-order valence-corrected chi connectivity index (χ1v) is 5.17. The van der Waals surface area contributed by atoms with Gasteiger partial charge in [0.2, 0.25) is 0 Å². The van der Waals surface area contributed by atoms with E-state index in [1.54, 1.807) is 0 Å². The second-order valence-electron chi connectivity index (χ2n) is 4.12. The molecule has 1 N–H and O–H groups in total. The second kappa shape index (κ2) is 6.61. The van der Waals surface area contributed by atoms with Crippen LogP contribution in [0.15, 0.2) is 36.5 Å². The third-order valence-electron chi connectivity index (χ3n) is 2.38.